The summed E-state index contributed by atoms with van der Waals surface area (Å²) in [5, 5.41) is 3.22. The molecule has 1 aromatic carbocycles. The largest absolute Gasteiger partial charge is 0.351 e. The van der Waals surface area contributed by atoms with Gasteiger partial charge in [0, 0.05) is 35.1 Å². The Morgan fingerprint density at radius 2 is 1.79 bits per heavy atom. The van der Waals surface area contributed by atoms with Gasteiger partial charge in [-0.1, -0.05) is 38.4 Å². The molecule has 0 spiro atoms. The maximum atomic E-state index is 14.0. The number of benzene rings is 1. The van der Waals surface area contributed by atoms with E-state index in [1.165, 1.54) is 22.5 Å². The number of carbonyl (C=O) groups excluding carboxylic acids is 1. The van der Waals surface area contributed by atoms with Crippen molar-refractivity contribution >= 4 is 27.5 Å². The van der Waals surface area contributed by atoms with E-state index in [-0.39, 0.29) is 46.5 Å². The Labute approximate surface area is 179 Å². The monoisotopic (exact) mass is 446 g/mol. The van der Waals surface area contributed by atoms with Crippen molar-refractivity contribution in [3.63, 3.8) is 0 Å². The van der Waals surface area contributed by atoms with Gasteiger partial charge >= 0.3 is 0 Å². The first-order valence-corrected chi connectivity index (χ1v) is 11.9. The predicted octanol–water partition coefficient (Wildman–Crippen LogP) is 4.35. The fourth-order valence-electron chi connectivity index (χ4n) is 4.15. The Balaban J connectivity index is 1.96. The van der Waals surface area contributed by atoms with Crippen LogP contribution in [-0.2, 0) is 20.6 Å². The molecular formula is C21H32ClFN2O3S. The summed E-state index contributed by atoms with van der Waals surface area (Å²) in [5.74, 6) is -1.36. The van der Waals surface area contributed by atoms with Crippen molar-refractivity contribution in [2.45, 2.75) is 65.2 Å². The highest BCUT2D eigenvalue weighted by atomic mass is 35.5. The van der Waals surface area contributed by atoms with Gasteiger partial charge in [0.1, 0.15) is 5.82 Å². The standard InChI is InChI=1S/C21H32ClFN2O3S/c1-20(2,3)14-21(4,5)24-19(26)15-9-11-25(12-10-15)29(27,28)13-16-17(22)7-6-8-18(16)23/h6-8,15H,9-14H2,1-5H3,(H,24,26). The van der Waals surface area contributed by atoms with Gasteiger partial charge in [0.2, 0.25) is 15.9 Å². The fourth-order valence-corrected chi connectivity index (χ4v) is 6.06. The molecule has 0 atom stereocenters. The molecule has 1 aromatic rings. The van der Waals surface area contributed by atoms with E-state index in [1.807, 2.05) is 13.8 Å². The number of hydrogen-bond acceptors (Lipinski definition) is 3. The van der Waals surface area contributed by atoms with Crippen LogP contribution in [0, 0.1) is 17.2 Å². The van der Waals surface area contributed by atoms with Gasteiger partial charge in [-0.25, -0.2) is 17.1 Å². The van der Waals surface area contributed by atoms with Crippen LogP contribution in [0.5, 0.6) is 0 Å². The molecule has 1 saturated heterocycles. The highest BCUT2D eigenvalue weighted by Crippen LogP contribution is 2.29. The van der Waals surface area contributed by atoms with Crippen LogP contribution in [0.4, 0.5) is 4.39 Å². The molecule has 0 unspecified atom stereocenters. The lowest BCUT2D eigenvalue weighted by atomic mass is 9.81. The number of nitrogens with one attached hydrogen (secondary N) is 1. The minimum atomic E-state index is -3.71. The first-order chi connectivity index (χ1) is 13.2. The van der Waals surface area contributed by atoms with Crippen molar-refractivity contribution in [3.8, 4) is 0 Å². The van der Waals surface area contributed by atoms with Crippen LogP contribution < -0.4 is 5.32 Å². The van der Waals surface area contributed by atoms with Crippen molar-refractivity contribution in [3.05, 3.63) is 34.6 Å². The van der Waals surface area contributed by atoms with E-state index in [9.17, 15) is 17.6 Å². The van der Waals surface area contributed by atoms with Gasteiger partial charge in [-0.15, -0.1) is 0 Å². The summed E-state index contributed by atoms with van der Waals surface area (Å²) in [6, 6.07) is 4.12. The van der Waals surface area contributed by atoms with E-state index in [1.54, 1.807) is 0 Å². The second kappa shape index (κ2) is 8.90. The number of halogens is 2. The van der Waals surface area contributed by atoms with Crippen LogP contribution in [0.1, 0.15) is 59.4 Å². The Morgan fingerprint density at radius 3 is 2.31 bits per heavy atom. The van der Waals surface area contributed by atoms with E-state index in [0.717, 1.165) is 6.42 Å². The topological polar surface area (TPSA) is 66.5 Å². The normalized spacial score (nSPS) is 17.3. The van der Waals surface area contributed by atoms with Crippen molar-refractivity contribution in [1.82, 2.24) is 9.62 Å². The lowest BCUT2D eigenvalue weighted by molar-refractivity contribution is -0.128. The summed E-state index contributed by atoms with van der Waals surface area (Å²) < 4.78 is 40.7. The van der Waals surface area contributed by atoms with Gasteiger partial charge in [0.25, 0.3) is 0 Å². The van der Waals surface area contributed by atoms with Crippen LogP contribution in [0.3, 0.4) is 0 Å². The summed E-state index contributed by atoms with van der Waals surface area (Å²) in [7, 11) is -3.71. The second-order valence-corrected chi connectivity index (χ2v) is 12.1. The van der Waals surface area contributed by atoms with Gasteiger partial charge in [-0.2, -0.15) is 0 Å². The van der Waals surface area contributed by atoms with Crippen molar-refractivity contribution < 1.29 is 17.6 Å². The van der Waals surface area contributed by atoms with Crippen molar-refractivity contribution in [1.29, 1.82) is 0 Å². The number of piperidine rings is 1. The Morgan fingerprint density at radius 1 is 1.21 bits per heavy atom. The number of amides is 1. The minimum Gasteiger partial charge on any atom is -0.351 e. The number of sulfonamides is 1. The predicted molar refractivity (Wildman–Crippen MR) is 115 cm³/mol. The van der Waals surface area contributed by atoms with Gasteiger partial charge in [0.15, 0.2) is 0 Å². The smallest absolute Gasteiger partial charge is 0.223 e. The average Bonchev–Trinajstić information content (AvgIpc) is 2.56. The van der Waals surface area contributed by atoms with Crippen molar-refractivity contribution in [2.24, 2.45) is 11.3 Å². The molecule has 0 saturated carbocycles. The highest BCUT2D eigenvalue weighted by molar-refractivity contribution is 7.88. The highest BCUT2D eigenvalue weighted by Gasteiger charge is 2.34. The van der Waals surface area contributed by atoms with Gasteiger partial charge in [-0.3, -0.25) is 4.79 Å². The van der Waals surface area contributed by atoms with Crippen LogP contribution in [0.2, 0.25) is 5.02 Å². The third-order valence-electron chi connectivity index (χ3n) is 5.04. The molecule has 0 aromatic heterocycles. The summed E-state index contributed by atoms with van der Waals surface area (Å²) >= 11 is 5.97. The molecule has 5 nitrogen and oxygen atoms in total. The Kier molecular flexibility index (Phi) is 7.39. The summed E-state index contributed by atoms with van der Waals surface area (Å²) in [4.78, 5) is 12.7. The fraction of sp³-hybridized carbons (Fsp3) is 0.667. The number of rotatable bonds is 6. The van der Waals surface area contributed by atoms with Gasteiger partial charge in [-0.05, 0) is 50.7 Å². The van der Waals surface area contributed by atoms with Gasteiger partial charge < -0.3 is 5.32 Å². The zero-order valence-corrected chi connectivity index (χ0v) is 19.5. The molecule has 1 fully saturated rings. The summed E-state index contributed by atoms with van der Waals surface area (Å²) in [5.41, 5.74) is -0.263. The quantitative estimate of drug-likeness (QED) is 0.706. The lowest BCUT2D eigenvalue weighted by Crippen LogP contribution is -2.50. The Hall–Kier alpha value is -1.18. The molecular weight excluding hydrogens is 415 g/mol. The molecule has 1 aliphatic rings. The van der Waals surface area contributed by atoms with Gasteiger partial charge in [0.05, 0.1) is 5.75 Å². The first-order valence-electron chi connectivity index (χ1n) is 9.93. The van der Waals surface area contributed by atoms with E-state index in [0.29, 0.717) is 12.8 Å². The Bertz CT molecular complexity index is 822. The molecule has 1 heterocycles. The minimum absolute atomic E-state index is 0.0158. The van der Waals surface area contributed by atoms with Crippen molar-refractivity contribution in [2.75, 3.05) is 13.1 Å². The first kappa shape index (κ1) is 24.1. The molecule has 0 bridgehead atoms. The molecule has 164 valence electrons. The molecule has 1 N–H and O–H groups in total. The molecule has 1 amide bonds. The van der Waals surface area contributed by atoms with E-state index < -0.39 is 21.6 Å². The van der Waals surface area contributed by atoms with E-state index >= 15 is 0 Å². The van der Waals surface area contributed by atoms with Crippen LogP contribution in [0.25, 0.3) is 0 Å². The molecule has 0 radical (unpaired) electrons. The summed E-state index contributed by atoms with van der Waals surface area (Å²) in [6.07, 6.45) is 1.73. The third kappa shape index (κ3) is 6.93. The van der Waals surface area contributed by atoms with Crippen LogP contribution >= 0.6 is 11.6 Å². The average molecular weight is 447 g/mol. The third-order valence-corrected chi connectivity index (χ3v) is 7.20. The number of nitrogens with zero attached hydrogens (tertiary/aromatic N) is 1. The number of carbonyl (C=O) groups is 1. The van der Waals surface area contributed by atoms with Crippen LogP contribution in [-0.4, -0.2) is 37.3 Å². The number of hydrogen-bond donors (Lipinski definition) is 1. The van der Waals surface area contributed by atoms with Crippen LogP contribution in [0.15, 0.2) is 18.2 Å². The second-order valence-electron chi connectivity index (χ2n) is 9.74. The zero-order chi connectivity index (χ0) is 22.0. The molecule has 0 aliphatic carbocycles. The molecule has 1 aliphatic heterocycles. The summed E-state index contributed by atoms with van der Waals surface area (Å²) in [6.45, 7) is 10.9. The SMILES string of the molecule is CC(C)(C)CC(C)(C)NC(=O)C1CCN(S(=O)(=O)Cc2c(F)cccc2Cl)CC1. The lowest BCUT2D eigenvalue weighted by Gasteiger charge is -2.36. The molecule has 2 rings (SSSR count). The molecule has 8 heteroatoms. The maximum absolute atomic E-state index is 14.0. The zero-order valence-electron chi connectivity index (χ0n) is 17.9. The van der Waals surface area contributed by atoms with E-state index in [2.05, 4.69) is 26.1 Å². The van der Waals surface area contributed by atoms with E-state index in [4.69, 9.17) is 11.6 Å². The molecule has 29 heavy (non-hydrogen) atoms. The maximum Gasteiger partial charge on any atom is 0.223 e.